The van der Waals surface area contributed by atoms with Crippen molar-refractivity contribution in [1.82, 2.24) is 9.97 Å². The predicted octanol–water partition coefficient (Wildman–Crippen LogP) is 4.00. The van der Waals surface area contributed by atoms with Crippen LogP contribution in [0.25, 0.3) is 0 Å². The number of halogens is 3. The largest absolute Gasteiger partial charge is 0.456 e. The van der Waals surface area contributed by atoms with Crippen LogP contribution in [0.1, 0.15) is 16.1 Å². The quantitative estimate of drug-likeness (QED) is 0.475. The second-order valence-corrected chi connectivity index (χ2v) is 5.45. The number of hydrogen-bond acceptors (Lipinski definition) is 5. The molecule has 1 aromatic heterocycles. The zero-order valence-electron chi connectivity index (χ0n) is 10.8. The van der Waals surface area contributed by atoms with Crippen LogP contribution in [0.15, 0.2) is 29.6 Å². The number of benzene rings is 1. The van der Waals surface area contributed by atoms with E-state index in [-0.39, 0.29) is 22.3 Å². The number of esters is 1. The number of ether oxygens (including phenoxy) is 1. The van der Waals surface area contributed by atoms with Crippen molar-refractivity contribution in [2.75, 3.05) is 6.26 Å². The highest BCUT2D eigenvalue weighted by Gasteiger charge is 2.16. The molecular weight excluding hydrogens is 338 g/mol. The highest BCUT2D eigenvalue weighted by molar-refractivity contribution is 7.98. The molecule has 0 fully saturated rings. The molecule has 0 aliphatic carbocycles. The van der Waals surface area contributed by atoms with Gasteiger partial charge < -0.3 is 4.74 Å². The fraction of sp³-hybridized carbons (Fsp3) is 0.154. The van der Waals surface area contributed by atoms with Gasteiger partial charge in [0.25, 0.3) is 0 Å². The summed E-state index contributed by atoms with van der Waals surface area (Å²) in [5.41, 5.74) is 0.468. The molecule has 1 heterocycles. The standard InChI is InChI=1S/C13H9Cl2FN2O2S/c1-21-13-17-5-10(15)11(18-13)12(19)20-6-7-2-3-8(16)4-9(7)14/h2-5H,6H2,1H3. The van der Waals surface area contributed by atoms with Gasteiger partial charge >= 0.3 is 5.97 Å². The molecule has 0 amide bonds. The zero-order chi connectivity index (χ0) is 15.4. The van der Waals surface area contributed by atoms with Crippen LogP contribution >= 0.6 is 35.0 Å². The minimum atomic E-state index is -0.696. The van der Waals surface area contributed by atoms with Gasteiger partial charge in [0.05, 0.1) is 16.2 Å². The van der Waals surface area contributed by atoms with E-state index in [9.17, 15) is 9.18 Å². The summed E-state index contributed by atoms with van der Waals surface area (Å²) in [6, 6.07) is 3.83. The predicted molar refractivity (Wildman–Crippen MR) is 79.4 cm³/mol. The third-order valence-electron chi connectivity index (χ3n) is 2.47. The van der Waals surface area contributed by atoms with E-state index in [0.717, 1.165) is 6.07 Å². The first-order valence-corrected chi connectivity index (χ1v) is 7.67. The van der Waals surface area contributed by atoms with E-state index < -0.39 is 11.8 Å². The Balaban J connectivity index is 2.11. The molecule has 0 atom stereocenters. The van der Waals surface area contributed by atoms with Gasteiger partial charge in [0, 0.05) is 5.56 Å². The minimum absolute atomic E-state index is 0.0192. The molecule has 0 saturated heterocycles. The van der Waals surface area contributed by atoms with E-state index in [2.05, 4.69) is 9.97 Å². The van der Waals surface area contributed by atoms with E-state index in [1.165, 1.54) is 30.1 Å². The van der Waals surface area contributed by atoms with Crippen molar-refractivity contribution in [2.45, 2.75) is 11.8 Å². The fourth-order valence-corrected chi connectivity index (χ4v) is 2.17. The molecule has 0 N–H and O–H groups in total. The second kappa shape index (κ2) is 7.06. The van der Waals surface area contributed by atoms with Gasteiger partial charge in [-0.25, -0.2) is 19.2 Å². The topological polar surface area (TPSA) is 52.1 Å². The lowest BCUT2D eigenvalue weighted by Gasteiger charge is -2.07. The monoisotopic (exact) mass is 346 g/mol. The highest BCUT2D eigenvalue weighted by atomic mass is 35.5. The summed E-state index contributed by atoms with van der Waals surface area (Å²) in [5.74, 6) is -1.16. The van der Waals surface area contributed by atoms with Crippen LogP contribution in [-0.4, -0.2) is 22.2 Å². The van der Waals surface area contributed by atoms with Gasteiger partial charge in [0.1, 0.15) is 12.4 Å². The Morgan fingerprint density at radius 2 is 2.14 bits per heavy atom. The molecule has 0 radical (unpaired) electrons. The summed E-state index contributed by atoms with van der Waals surface area (Å²) >= 11 is 13.0. The lowest BCUT2D eigenvalue weighted by Crippen LogP contribution is -2.09. The Labute approximate surface area is 134 Å². The number of rotatable bonds is 4. The SMILES string of the molecule is CSc1ncc(Cl)c(C(=O)OCc2ccc(F)cc2Cl)n1. The second-order valence-electron chi connectivity index (χ2n) is 3.87. The van der Waals surface area contributed by atoms with E-state index in [1.54, 1.807) is 6.26 Å². The number of nitrogens with zero attached hydrogens (tertiary/aromatic N) is 2. The molecule has 110 valence electrons. The van der Waals surface area contributed by atoms with Crippen molar-refractivity contribution in [3.05, 3.63) is 51.5 Å². The molecular formula is C13H9Cl2FN2O2S. The van der Waals surface area contributed by atoms with Crippen molar-refractivity contribution in [3.63, 3.8) is 0 Å². The lowest BCUT2D eigenvalue weighted by atomic mass is 10.2. The molecule has 0 saturated carbocycles. The van der Waals surface area contributed by atoms with Crippen molar-refractivity contribution in [2.24, 2.45) is 0 Å². The summed E-state index contributed by atoms with van der Waals surface area (Å²) in [5, 5.41) is 0.690. The van der Waals surface area contributed by atoms with Gasteiger partial charge in [0.15, 0.2) is 10.9 Å². The summed E-state index contributed by atoms with van der Waals surface area (Å²) < 4.78 is 18.0. The molecule has 8 heteroatoms. The lowest BCUT2D eigenvalue weighted by molar-refractivity contribution is 0.0465. The average Bonchev–Trinajstić information content (AvgIpc) is 2.46. The molecule has 2 rings (SSSR count). The number of carbonyl (C=O) groups is 1. The van der Waals surface area contributed by atoms with Crippen LogP contribution in [0.4, 0.5) is 4.39 Å². The van der Waals surface area contributed by atoms with Crippen LogP contribution in [0.3, 0.4) is 0 Å². The first kappa shape index (κ1) is 16.0. The molecule has 21 heavy (non-hydrogen) atoms. The van der Waals surface area contributed by atoms with Gasteiger partial charge in [-0.3, -0.25) is 0 Å². The number of hydrogen-bond donors (Lipinski definition) is 0. The van der Waals surface area contributed by atoms with Crippen molar-refractivity contribution in [1.29, 1.82) is 0 Å². The van der Waals surface area contributed by atoms with Crippen LogP contribution in [0.2, 0.25) is 10.0 Å². The van der Waals surface area contributed by atoms with E-state index in [1.807, 2.05) is 0 Å². The molecule has 0 bridgehead atoms. The summed E-state index contributed by atoms with van der Waals surface area (Å²) in [6.45, 7) is -0.104. The smallest absolute Gasteiger partial charge is 0.358 e. The normalized spacial score (nSPS) is 10.5. The maximum Gasteiger partial charge on any atom is 0.358 e. The highest BCUT2D eigenvalue weighted by Crippen LogP contribution is 2.20. The average molecular weight is 347 g/mol. The Morgan fingerprint density at radius 1 is 1.38 bits per heavy atom. The van der Waals surface area contributed by atoms with E-state index in [4.69, 9.17) is 27.9 Å². The maximum absolute atomic E-state index is 12.9. The Bertz CT molecular complexity index is 685. The summed E-state index contributed by atoms with van der Waals surface area (Å²) in [7, 11) is 0. The maximum atomic E-state index is 12.9. The molecule has 0 spiro atoms. The van der Waals surface area contributed by atoms with Crippen molar-refractivity contribution in [3.8, 4) is 0 Å². The fourth-order valence-electron chi connectivity index (χ4n) is 1.44. The zero-order valence-corrected chi connectivity index (χ0v) is 13.1. The van der Waals surface area contributed by atoms with E-state index >= 15 is 0 Å². The molecule has 1 aromatic carbocycles. The molecule has 0 aliphatic rings. The third-order valence-corrected chi connectivity index (χ3v) is 3.66. The van der Waals surface area contributed by atoms with Gasteiger partial charge in [-0.1, -0.05) is 41.0 Å². The van der Waals surface area contributed by atoms with Gasteiger partial charge in [-0.15, -0.1) is 0 Å². The Hall–Kier alpha value is -1.37. The summed E-state index contributed by atoms with van der Waals surface area (Å²) in [4.78, 5) is 19.9. The Kier molecular flexibility index (Phi) is 5.39. The number of carbonyl (C=O) groups excluding carboxylic acids is 1. The minimum Gasteiger partial charge on any atom is -0.456 e. The summed E-state index contributed by atoms with van der Waals surface area (Å²) in [6.07, 6.45) is 3.11. The first-order valence-electron chi connectivity index (χ1n) is 5.69. The van der Waals surface area contributed by atoms with Gasteiger partial charge in [-0.05, 0) is 18.4 Å². The van der Waals surface area contributed by atoms with Gasteiger partial charge in [-0.2, -0.15) is 0 Å². The first-order chi connectivity index (χ1) is 10.0. The van der Waals surface area contributed by atoms with Crippen LogP contribution < -0.4 is 0 Å². The van der Waals surface area contributed by atoms with Gasteiger partial charge in [0.2, 0.25) is 0 Å². The molecule has 4 nitrogen and oxygen atoms in total. The van der Waals surface area contributed by atoms with Crippen molar-refractivity contribution < 1.29 is 13.9 Å². The Morgan fingerprint density at radius 3 is 2.81 bits per heavy atom. The van der Waals surface area contributed by atoms with Crippen LogP contribution in [0, 0.1) is 5.82 Å². The number of aromatic nitrogens is 2. The van der Waals surface area contributed by atoms with Crippen LogP contribution in [0.5, 0.6) is 0 Å². The molecule has 2 aromatic rings. The van der Waals surface area contributed by atoms with E-state index in [0.29, 0.717) is 10.7 Å². The molecule has 0 unspecified atom stereocenters. The third kappa shape index (κ3) is 4.06. The number of thioether (sulfide) groups is 1. The molecule has 0 aliphatic heterocycles. The van der Waals surface area contributed by atoms with Crippen LogP contribution in [-0.2, 0) is 11.3 Å². The van der Waals surface area contributed by atoms with Crippen molar-refractivity contribution >= 4 is 40.9 Å².